The van der Waals surface area contributed by atoms with Gasteiger partial charge < -0.3 is 5.11 Å². The van der Waals surface area contributed by atoms with Gasteiger partial charge in [-0.2, -0.15) is 0 Å². The first-order chi connectivity index (χ1) is 6.68. The number of rotatable bonds is 2. The highest BCUT2D eigenvalue weighted by Gasteiger charge is 2.17. The standard InChI is InChI=1S/C14H22O/c1-13(2,3)12-8-6-7-11(9-12)10-14(4,5)15/h6-9,15H,10H2,1-5H3. The molecule has 1 heteroatoms. The smallest absolute Gasteiger partial charge is 0.0631 e. The van der Waals surface area contributed by atoms with Gasteiger partial charge in [-0.25, -0.2) is 0 Å². The summed E-state index contributed by atoms with van der Waals surface area (Å²) >= 11 is 0. The van der Waals surface area contributed by atoms with E-state index >= 15 is 0 Å². The van der Waals surface area contributed by atoms with Gasteiger partial charge >= 0.3 is 0 Å². The van der Waals surface area contributed by atoms with E-state index < -0.39 is 5.60 Å². The Hall–Kier alpha value is -0.820. The molecule has 0 saturated carbocycles. The zero-order valence-electron chi connectivity index (χ0n) is 10.5. The summed E-state index contributed by atoms with van der Waals surface area (Å²) in [6.07, 6.45) is 0.705. The van der Waals surface area contributed by atoms with E-state index in [0.29, 0.717) is 6.42 Å². The molecule has 0 spiro atoms. The molecule has 1 N–H and O–H groups in total. The maximum absolute atomic E-state index is 9.76. The first kappa shape index (κ1) is 12.3. The molecule has 0 unspecified atom stereocenters. The van der Waals surface area contributed by atoms with Gasteiger partial charge in [0.2, 0.25) is 0 Å². The Bertz CT molecular complexity index is 326. The van der Waals surface area contributed by atoms with Gasteiger partial charge in [0.05, 0.1) is 5.60 Å². The normalized spacial score (nSPS) is 12.9. The van der Waals surface area contributed by atoms with Crippen LogP contribution in [0.5, 0.6) is 0 Å². The van der Waals surface area contributed by atoms with Crippen molar-refractivity contribution < 1.29 is 5.11 Å². The molecule has 0 aliphatic rings. The van der Waals surface area contributed by atoms with E-state index in [4.69, 9.17) is 0 Å². The summed E-state index contributed by atoms with van der Waals surface area (Å²) in [6, 6.07) is 8.49. The van der Waals surface area contributed by atoms with Gasteiger partial charge in [0.25, 0.3) is 0 Å². The minimum Gasteiger partial charge on any atom is -0.390 e. The molecule has 0 atom stereocenters. The van der Waals surface area contributed by atoms with Gasteiger partial charge in [0.15, 0.2) is 0 Å². The van der Waals surface area contributed by atoms with Crippen LogP contribution in [0.2, 0.25) is 0 Å². The lowest BCUT2D eigenvalue weighted by Gasteiger charge is -2.22. The molecule has 0 aromatic heterocycles. The minimum absolute atomic E-state index is 0.176. The number of hydrogen-bond donors (Lipinski definition) is 1. The quantitative estimate of drug-likeness (QED) is 0.787. The van der Waals surface area contributed by atoms with Crippen molar-refractivity contribution in [2.45, 2.75) is 52.1 Å². The van der Waals surface area contributed by atoms with Crippen molar-refractivity contribution in [1.82, 2.24) is 0 Å². The molecular formula is C14H22O. The Kier molecular flexibility index (Phi) is 3.25. The molecule has 1 nitrogen and oxygen atoms in total. The van der Waals surface area contributed by atoms with E-state index in [-0.39, 0.29) is 5.41 Å². The van der Waals surface area contributed by atoms with Gasteiger partial charge in [-0.1, -0.05) is 45.0 Å². The fourth-order valence-electron chi connectivity index (χ4n) is 1.65. The maximum Gasteiger partial charge on any atom is 0.0631 e. The monoisotopic (exact) mass is 206 g/mol. The van der Waals surface area contributed by atoms with E-state index in [1.807, 2.05) is 13.8 Å². The van der Waals surface area contributed by atoms with E-state index in [1.165, 1.54) is 11.1 Å². The molecule has 1 rings (SSSR count). The van der Waals surface area contributed by atoms with Crippen molar-refractivity contribution in [1.29, 1.82) is 0 Å². The van der Waals surface area contributed by atoms with Crippen molar-refractivity contribution in [3.05, 3.63) is 35.4 Å². The molecule has 1 aromatic carbocycles. The summed E-state index contributed by atoms with van der Waals surface area (Å²) < 4.78 is 0. The fourth-order valence-corrected chi connectivity index (χ4v) is 1.65. The highest BCUT2D eigenvalue weighted by molar-refractivity contribution is 5.29. The number of hydrogen-bond acceptors (Lipinski definition) is 1. The number of benzene rings is 1. The first-order valence-electron chi connectivity index (χ1n) is 5.50. The highest BCUT2D eigenvalue weighted by Crippen LogP contribution is 2.24. The Morgan fingerprint density at radius 2 is 1.67 bits per heavy atom. The molecule has 15 heavy (non-hydrogen) atoms. The van der Waals surface area contributed by atoms with Crippen molar-refractivity contribution in [2.24, 2.45) is 0 Å². The summed E-state index contributed by atoms with van der Waals surface area (Å²) in [4.78, 5) is 0. The Morgan fingerprint density at radius 1 is 1.07 bits per heavy atom. The fraction of sp³-hybridized carbons (Fsp3) is 0.571. The van der Waals surface area contributed by atoms with Gasteiger partial charge in [0, 0.05) is 6.42 Å². The van der Waals surface area contributed by atoms with Gasteiger partial charge in [-0.05, 0) is 30.4 Å². The summed E-state index contributed by atoms with van der Waals surface area (Å²) in [5, 5.41) is 9.76. The molecule has 84 valence electrons. The third kappa shape index (κ3) is 4.05. The molecule has 0 heterocycles. The van der Waals surface area contributed by atoms with E-state index in [2.05, 4.69) is 45.0 Å². The molecule has 0 radical (unpaired) electrons. The summed E-state index contributed by atoms with van der Waals surface area (Å²) in [5.74, 6) is 0. The summed E-state index contributed by atoms with van der Waals surface area (Å²) in [5.41, 5.74) is 2.07. The molecule has 1 aromatic rings. The largest absolute Gasteiger partial charge is 0.390 e. The van der Waals surface area contributed by atoms with E-state index in [1.54, 1.807) is 0 Å². The van der Waals surface area contributed by atoms with Gasteiger partial charge in [-0.15, -0.1) is 0 Å². The predicted molar refractivity (Wildman–Crippen MR) is 65.1 cm³/mol. The third-order valence-electron chi connectivity index (χ3n) is 2.43. The third-order valence-corrected chi connectivity index (χ3v) is 2.43. The first-order valence-corrected chi connectivity index (χ1v) is 5.50. The highest BCUT2D eigenvalue weighted by atomic mass is 16.3. The zero-order chi connectivity index (χ0) is 11.7. The second kappa shape index (κ2) is 3.97. The van der Waals surface area contributed by atoms with Crippen LogP contribution in [0.1, 0.15) is 45.7 Å². The molecule has 0 bridgehead atoms. The molecule has 0 fully saturated rings. The van der Waals surface area contributed by atoms with Crippen molar-refractivity contribution in [3.63, 3.8) is 0 Å². The van der Waals surface area contributed by atoms with E-state index in [0.717, 1.165) is 0 Å². The zero-order valence-corrected chi connectivity index (χ0v) is 10.5. The van der Waals surface area contributed by atoms with Crippen LogP contribution in [0, 0.1) is 0 Å². The Balaban J connectivity index is 2.94. The van der Waals surface area contributed by atoms with Gasteiger partial charge in [-0.3, -0.25) is 0 Å². The lowest BCUT2D eigenvalue weighted by atomic mass is 9.85. The lowest BCUT2D eigenvalue weighted by molar-refractivity contribution is 0.0809. The van der Waals surface area contributed by atoms with Crippen LogP contribution < -0.4 is 0 Å². The van der Waals surface area contributed by atoms with Crippen LogP contribution in [-0.2, 0) is 11.8 Å². The van der Waals surface area contributed by atoms with Crippen LogP contribution in [0.3, 0.4) is 0 Å². The molecule has 0 aliphatic carbocycles. The molecular weight excluding hydrogens is 184 g/mol. The summed E-state index contributed by atoms with van der Waals surface area (Å²) in [6.45, 7) is 10.3. The van der Waals surface area contributed by atoms with Crippen LogP contribution in [-0.4, -0.2) is 10.7 Å². The Morgan fingerprint density at radius 3 is 2.13 bits per heavy atom. The number of aliphatic hydroxyl groups is 1. The molecule has 0 saturated heterocycles. The minimum atomic E-state index is -0.628. The summed E-state index contributed by atoms with van der Waals surface area (Å²) in [7, 11) is 0. The lowest BCUT2D eigenvalue weighted by Crippen LogP contribution is -2.22. The van der Waals surface area contributed by atoms with Crippen LogP contribution in [0.15, 0.2) is 24.3 Å². The van der Waals surface area contributed by atoms with Crippen LogP contribution >= 0.6 is 0 Å². The average molecular weight is 206 g/mol. The van der Waals surface area contributed by atoms with Crippen LogP contribution in [0.4, 0.5) is 0 Å². The van der Waals surface area contributed by atoms with Crippen LogP contribution in [0.25, 0.3) is 0 Å². The second-order valence-corrected chi connectivity index (χ2v) is 5.94. The SMILES string of the molecule is CC(C)(O)Cc1cccc(C(C)(C)C)c1. The second-order valence-electron chi connectivity index (χ2n) is 5.94. The Labute approximate surface area is 93.1 Å². The van der Waals surface area contributed by atoms with E-state index in [9.17, 15) is 5.11 Å². The van der Waals surface area contributed by atoms with Crippen molar-refractivity contribution in [3.8, 4) is 0 Å². The molecule has 0 aliphatic heterocycles. The van der Waals surface area contributed by atoms with Gasteiger partial charge in [0.1, 0.15) is 0 Å². The van der Waals surface area contributed by atoms with Crippen molar-refractivity contribution >= 4 is 0 Å². The average Bonchev–Trinajstić information content (AvgIpc) is 1.99. The maximum atomic E-state index is 9.76. The molecule has 0 amide bonds. The predicted octanol–water partition coefficient (Wildman–Crippen LogP) is 3.30. The topological polar surface area (TPSA) is 20.2 Å². The van der Waals surface area contributed by atoms with Crippen molar-refractivity contribution in [2.75, 3.05) is 0 Å².